The Balaban J connectivity index is 1.59. The molecule has 184 valence electrons. The third kappa shape index (κ3) is 8.55. The number of rotatable bonds is 11. The van der Waals surface area contributed by atoms with E-state index in [1.54, 1.807) is 36.4 Å². The smallest absolute Gasteiger partial charge is 0.408 e. The molecule has 0 heterocycles. The molecule has 1 atom stereocenters. The van der Waals surface area contributed by atoms with Crippen molar-refractivity contribution >= 4 is 22.2 Å². The van der Waals surface area contributed by atoms with E-state index in [9.17, 15) is 18.0 Å². The van der Waals surface area contributed by atoms with Crippen molar-refractivity contribution in [3.05, 3.63) is 102 Å². The van der Waals surface area contributed by atoms with Crippen molar-refractivity contribution in [3.8, 4) is 0 Å². The number of amides is 1. The number of ether oxygens (including phenoxy) is 2. The van der Waals surface area contributed by atoms with Crippen LogP contribution < -0.4 is 5.32 Å². The van der Waals surface area contributed by atoms with E-state index >= 15 is 0 Å². The average Bonchev–Trinajstić information content (AvgIpc) is 2.87. The predicted octanol–water partition coefficient (Wildman–Crippen LogP) is 4.13. The average molecular weight is 498 g/mol. The van der Waals surface area contributed by atoms with Gasteiger partial charge in [-0.3, -0.25) is 4.18 Å². The first kappa shape index (κ1) is 25.9. The van der Waals surface area contributed by atoms with Gasteiger partial charge in [0.05, 0.1) is 11.5 Å². The standard InChI is InChI=1S/C26H27NO7S/c1-20-12-14-23(15-13-20)35(30,31)34-17-16-24(25(28)32-18-21-8-4-2-5-9-21)27-26(29)33-19-22-10-6-3-7-11-22/h2-15,24H,16-19H2,1H3,(H,27,29)/t24-/m1/s1. The summed E-state index contributed by atoms with van der Waals surface area (Å²) in [5, 5.41) is 2.45. The highest BCUT2D eigenvalue weighted by Crippen LogP contribution is 2.14. The van der Waals surface area contributed by atoms with Crippen LogP contribution in [-0.4, -0.2) is 33.1 Å². The van der Waals surface area contributed by atoms with Gasteiger partial charge in [-0.25, -0.2) is 9.59 Å². The highest BCUT2D eigenvalue weighted by molar-refractivity contribution is 7.86. The number of hydrogen-bond acceptors (Lipinski definition) is 7. The molecule has 0 bridgehead atoms. The van der Waals surface area contributed by atoms with Crippen LogP contribution in [0.4, 0.5) is 4.79 Å². The Bertz CT molecular complexity index is 1200. The van der Waals surface area contributed by atoms with Crippen LogP contribution in [0, 0.1) is 6.92 Å². The second-order valence-corrected chi connectivity index (χ2v) is 9.35. The van der Waals surface area contributed by atoms with E-state index < -0.39 is 28.2 Å². The van der Waals surface area contributed by atoms with Crippen molar-refractivity contribution in [1.29, 1.82) is 0 Å². The fraction of sp³-hybridized carbons (Fsp3) is 0.231. The zero-order valence-corrected chi connectivity index (χ0v) is 20.1. The van der Waals surface area contributed by atoms with E-state index in [1.165, 1.54) is 12.1 Å². The topological polar surface area (TPSA) is 108 Å². The van der Waals surface area contributed by atoms with Gasteiger partial charge in [-0.2, -0.15) is 8.42 Å². The second kappa shape index (κ2) is 12.7. The van der Waals surface area contributed by atoms with Crippen LogP contribution in [0.2, 0.25) is 0 Å². The van der Waals surface area contributed by atoms with Crippen LogP contribution >= 0.6 is 0 Å². The first-order chi connectivity index (χ1) is 16.8. The molecule has 0 saturated heterocycles. The fourth-order valence-electron chi connectivity index (χ4n) is 3.03. The van der Waals surface area contributed by atoms with Gasteiger partial charge >= 0.3 is 12.1 Å². The van der Waals surface area contributed by atoms with Gasteiger partial charge in [0.15, 0.2) is 0 Å². The number of benzene rings is 3. The van der Waals surface area contributed by atoms with Gasteiger partial charge in [-0.05, 0) is 30.2 Å². The van der Waals surface area contributed by atoms with E-state index in [0.717, 1.165) is 16.7 Å². The predicted molar refractivity (Wildman–Crippen MR) is 129 cm³/mol. The Hall–Kier alpha value is -3.69. The Morgan fingerprint density at radius 2 is 1.34 bits per heavy atom. The van der Waals surface area contributed by atoms with Crippen LogP contribution in [0.25, 0.3) is 0 Å². The highest BCUT2D eigenvalue weighted by Gasteiger charge is 2.25. The molecule has 0 spiro atoms. The van der Waals surface area contributed by atoms with Crippen LogP contribution in [0.15, 0.2) is 89.8 Å². The summed E-state index contributed by atoms with van der Waals surface area (Å²) in [5.41, 5.74) is 2.45. The summed E-state index contributed by atoms with van der Waals surface area (Å²) in [5.74, 6) is -0.734. The molecule has 3 aromatic rings. The molecule has 0 unspecified atom stereocenters. The number of aryl methyl sites for hydroxylation is 1. The summed E-state index contributed by atoms with van der Waals surface area (Å²) in [6.07, 6.45) is -0.976. The molecule has 0 fully saturated rings. The van der Waals surface area contributed by atoms with Gasteiger partial charge in [0, 0.05) is 6.42 Å². The van der Waals surface area contributed by atoms with Crippen LogP contribution in [0.5, 0.6) is 0 Å². The Labute approximate surface area is 205 Å². The summed E-state index contributed by atoms with van der Waals surface area (Å²) in [4.78, 5) is 25.0. The number of hydrogen-bond donors (Lipinski definition) is 1. The molecule has 3 aromatic carbocycles. The second-order valence-electron chi connectivity index (χ2n) is 7.73. The first-order valence-electron chi connectivity index (χ1n) is 11.0. The molecule has 1 amide bonds. The molecular weight excluding hydrogens is 470 g/mol. The lowest BCUT2D eigenvalue weighted by atomic mass is 10.2. The zero-order chi connectivity index (χ0) is 25.1. The Kier molecular flexibility index (Phi) is 9.39. The molecule has 0 radical (unpaired) electrons. The molecule has 1 N–H and O–H groups in total. The van der Waals surface area contributed by atoms with Crippen molar-refractivity contribution in [2.75, 3.05) is 6.61 Å². The Morgan fingerprint density at radius 3 is 1.91 bits per heavy atom. The van der Waals surface area contributed by atoms with Gasteiger partial charge in [0.2, 0.25) is 0 Å². The van der Waals surface area contributed by atoms with Gasteiger partial charge in [0.25, 0.3) is 10.1 Å². The van der Waals surface area contributed by atoms with Crippen molar-refractivity contribution in [2.24, 2.45) is 0 Å². The van der Waals surface area contributed by atoms with E-state index in [4.69, 9.17) is 13.7 Å². The summed E-state index contributed by atoms with van der Waals surface area (Å²) < 4.78 is 40.5. The lowest BCUT2D eigenvalue weighted by molar-refractivity contribution is -0.147. The zero-order valence-electron chi connectivity index (χ0n) is 19.3. The maximum Gasteiger partial charge on any atom is 0.408 e. The normalized spacial score (nSPS) is 11.9. The summed E-state index contributed by atoms with van der Waals surface area (Å²) in [6.45, 7) is 1.50. The molecule has 0 aliphatic carbocycles. The first-order valence-corrected chi connectivity index (χ1v) is 12.4. The monoisotopic (exact) mass is 497 g/mol. The largest absolute Gasteiger partial charge is 0.459 e. The number of carbonyl (C=O) groups is 2. The minimum atomic E-state index is -4.02. The summed E-state index contributed by atoms with van der Waals surface area (Å²) in [6, 6.07) is 23.1. The van der Waals surface area contributed by atoms with Crippen molar-refractivity contribution in [1.82, 2.24) is 5.32 Å². The fourth-order valence-corrected chi connectivity index (χ4v) is 3.96. The van der Waals surface area contributed by atoms with Crippen molar-refractivity contribution in [2.45, 2.75) is 37.5 Å². The van der Waals surface area contributed by atoms with Gasteiger partial charge in [0.1, 0.15) is 19.3 Å². The van der Waals surface area contributed by atoms with Crippen LogP contribution in [0.1, 0.15) is 23.1 Å². The molecule has 35 heavy (non-hydrogen) atoms. The van der Waals surface area contributed by atoms with Crippen molar-refractivity contribution < 1.29 is 31.7 Å². The number of alkyl carbamates (subject to hydrolysis) is 1. The molecule has 0 aromatic heterocycles. The summed E-state index contributed by atoms with van der Waals surface area (Å²) in [7, 11) is -4.02. The number of carbonyl (C=O) groups excluding carboxylic acids is 2. The van der Waals surface area contributed by atoms with E-state index in [0.29, 0.717) is 0 Å². The maximum atomic E-state index is 12.7. The van der Waals surface area contributed by atoms with Crippen LogP contribution in [0.3, 0.4) is 0 Å². The Morgan fingerprint density at radius 1 is 0.800 bits per heavy atom. The third-order valence-electron chi connectivity index (χ3n) is 4.97. The molecule has 9 heteroatoms. The molecular formula is C26H27NO7S. The quantitative estimate of drug-likeness (QED) is 0.313. The third-order valence-corrected chi connectivity index (χ3v) is 6.29. The lowest BCUT2D eigenvalue weighted by Crippen LogP contribution is -2.42. The summed E-state index contributed by atoms with van der Waals surface area (Å²) >= 11 is 0. The SMILES string of the molecule is Cc1ccc(S(=O)(=O)OCC[C@@H](NC(=O)OCc2ccccc2)C(=O)OCc2ccccc2)cc1. The van der Waals surface area contributed by atoms with E-state index in [-0.39, 0.29) is 31.1 Å². The molecule has 3 rings (SSSR count). The van der Waals surface area contributed by atoms with Crippen LogP contribution in [-0.2, 0) is 41.8 Å². The van der Waals surface area contributed by atoms with Gasteiger partial charge in [-0.1, -0.05) is 78.4 Å². The van der Waals surface area contributed by atoms with E-state index in [2.05, 4.69) is 5.32 Å². The number of esters is 1. The van der Waals surface area contributed by atoms with E-state index in [1.807, 2.05) is 43.3 Å². The van der Waals surface area contributed by atoms with Gasteiger partial charge in [-0.15, -0.1) is 0 Å². The molecule has 0 saturated carbocycles. The number of nitrogens with one attached hydrogen (secondary N) is 1. The maximum absolute atomic E-state index is 12.7. The minimum Gasteiger partial charge on any atom is -0.459 e. The van der Waals surface area contributed by atoms with Crippen molar-refractivity contribution in [3.63, 3.8) is 0 Å². The molecule has 8 nitrogen and oxygen atoms in total. The molecule has 0 aliphatic heterocycles. The highest BCUT2D eigenvalue weighted by atomic mass is 32.2. The van der Waals surface area contributed by atoms with Gasteiger partial charge < -0.3 is 14.8 Å². The molecule has 0 aliphatic rings. The lowest BCUT2D eigenvalue weighted by Gasteiger charge is -2.18. The minimum absolute atomic E-state index is 0.000557.